The number of carbonyl (C=O) groups excluding carboxylic acids is 2. The predicted octanol–water partition coefficient (Wildman–Crippen LogP) is 5.61. The highest BCUT2D eigenvalue weighted by molar-refractivity contribution is 5.74. The highest BCUT2D eigenvalue weighted by Crippen LogP contribution is 2.38. The number of benzene rings is 1. The summed E-state index contributed by atoms with van der Waals surface area (Å²) in [6, 6.07) is 0.391. The maximum atomic E-state index is 13.0. The molecular weight excluding hydrogens is 486 g/mol. The first-order valence-electron chi connectivity index (χ1n) is 10.8. The molecule has 0 heterocycles. The topological polar surface area (TPSA) is 82.1 Å². The highest BCUT2D eigenvalue weighted by atomic mass is 19.4. The van der Waals surface area contributed by atoms with Gasteiger partial charge in [-0.2, -0.15) is 26.3 Å². The fourth-order valence-corrected chi connectivity index (χ4v) is 3.33. The molecule has 0 spiro atoms. The molecule has 1 rings (SSSR count). The van der Waals surface area contributed by atoms with E-state index in [4.69, 9.17) is 9.47 Å². The van der Waals surface area contributed by atoms with Gasteiger partial charge < -0.3 is 19.3 Å². The molecule has 0 saturated heterocycles. The Hall–Kier alpha value is -2.34. The summed E-state index contributed by atoms with van der Waals surface area (Å²) >= 11 is 0. The third kappa shape index (κ3) is 10.4. The van der Waals surface area contributed by atoms with Gasteiger partial charge in [0.15, 0.2) is 6.29 Å². The van der Waals surface area contributed by atoms with Crippen LogP contribution < -0.4 is 4.74 Å². The van der Waals surface area contributed by atoms with Gasteiger partial charge in [0, 0.05) is 5.41 Å². The number of alkyl halides is 6. The zero-order chi connectivity index (χ0) is 27.2. The van der Waals surface area contributed by atoms with E-state index in [1.54, 1.807) is 0 Å². The van der Waals surface area contributed by atoms with Crippen molar-refractivity contribution in [3.05, 3.63) is 29.3 Å². The molecule has 35 heavy (non-hydrogen) atoms. The Morgan fingerprint density at radius 3 is 1.83 bits per heavy atom. The van der Waals surface area contributed by atoms with E-state index in [9.17, 15) is 41.0 Å². The molecule has 0 aliphatic rings. The van der Waals surface area contributed by atoms with Gasteiger partial charge in [-0.25, -0.2) is 4.79 Å². The van der Waals surface area contributed by atoms with Gasteiger partial charge >= 0.3 is 24.3 Å². The standard InChI is InChI=1S/C23H30F6O6/c1-13(2)9-21(5,10-18(30)33-11-14(3)4)20(32)34-12-19(31)35-17-7-15(22(24,25)26)6-16(8-17)23(27,28)29/h6-8,13-14,20,32H,9-12H2,1-5H3. The van der Waals surface area contributed by atoms with Gasteiger partial charge in [-0.05, 0) is 36.5 Å². The first-order valence-corrected chi connectivity index (χ1v) is 10.8. The van der Waals surface area contributed by atoms with Gasteiger partial charge in [-0.15, -0.1) is 0 Å². The van der Waals surface area contributed by atoms with Crippen molar-refractivity contribution in [2.75, 3.05) is 13.2 Å². The van der Waals surface area contributed by atoms with Crippen LogP contribution in [0.25, 0.3) is 0 Å². The number of esters is 2. The Labute approximate surface area is 199 Å². The second kappa shape index (κ2) is 12.1. The van der Waals surface area contributed by atoms with Crippen LogP contribution in [0.3, 0.4) is 0 Å². The van der Waals surface area contributed by atoms with Crippen molar-refractivity contribution in [1.29, 1.82) is 0 Å². The molecule has 12 heteroatoms. The first-order chi connectivity index (χ1) is 15.8. The zero-order valence-electron chi connectivity index (χ0n) is 20.0. The Bertz CT molecular complexity index is 833. The van der Waals surface area contributed by atoms with E-state index in [1.807, 2.05) is 27.7 Å². The largest absolute Gasteiger partial charge is 0.465 e. The maximum absolute atomic E-state index is 13.0. The molecule has 0 aliphatic heterocycles. The van der Waals surface area contributed by atoms with Crippen molar-refractivity contribution in [1.82, 2.24) is 0 Å². The number of hydrogen-bond donors (Lipinski definition) is 1. The summed E-state index contributed by atoms with van der Waals surface area (Å²) in [4.78, 5) is 24.3. The summed E-state index contributed by atoms with van der Waals surface area (Å²) in [5.74, 6) is -2.85. The molecule has 0 aliphatic carbocycles. The Morgan fingerprint density at radius 2 is 1.40 bits per heavy atom. The molecule has 0 bridgehead atoms. The lowest BCUT2D eigenvalue weighted by Crippen LogP contribution is -2.39. The number of halogens is 6. The van der Waals surface area contributed by atoms with Crippen molar-refractivity contribution in [3.8, 4) is 5.75 Å². The highest BCUT2D eigenvalue weighted by Gasteiger charge is 2.39. The van der Waals surface area contributed by atoms with Gasteiger partial charge in [-0.3, -0.25) is 4.79 Å². The van der Waals surface area contributed by atoms with Gasteiger partial charge in [0.2, 0.25) is 0 Å². The normalized spacial score (nSPS) is 15.1. The Kier molecular flexibility index (Phi) is 10.6. The van der Waals surface area contributed by atoms with Crippen molar-refractivity contribution in [2.45, 2.75) is 66.1 Å². The zero-order valence-corrected chi connectivity index (χ0v) is 20.0. The lowest BCUT2D eigenvalue weighted by atomic mass is 9.78. The fraction of sp³-hybridized carbons (Fsp3) is 0.652. The van der Waals surface area contributed by atoms with Crippen LogP contribution in [0.15, 0.2) is 18.2 Å². The van der Waals surface area contributed by atoms with Crippen molar-refractivity contribution >= 4 is 11.9 Å². The van der Waals surface area contributed by atoms with Crippen molar-refractivity contribution in [3.63, 3.8) is 0 Å². The summed E-state index contributed by atoms with van der Waals surface area (Å²) in [6.45, 7) is 8.03. The van der Waals surface area contributed by atoms with E-state index >= 15 is 0 Å². The van der Waals surface area contributed by atoms with Gasteiger partial charge in [0.1, 0.15) is 12.4 Å². The molecule has 200 valence electrons. The minimum absolute atomic E-state index is 0.00556. The number of ether oxygens (including phenoxy) is 3. The van der Waals surface area contributed by atoms with E-state index < -0.39 is 59.5 Å². The Morgan fingerprint density at radius 1 is 0.886 bits per heavy atom. The number of rotatable bonds is 11. The second-order valence-electron chi connectivity index (χ2n) is 9.38. The van der Waals surface area contributed by atoms with E-state index in [2.05, 4.69) is 4.74 Å². The molecule has 0 aromatic heterocycles. The summed E-state index contributed by atoms with van der Waals surface area (Å²) in [6.07, 6.45) is -11.9. The molecule has 0 amide bonds. The SMILES string of the molecule is CC(C)COC(=O)CC(C)(CC(C)C)C(O)OCC(=O)Oc1cc(C(F)(F)F)cc(C(F)(F)F)c1. The van der Waals surface area contributed by atoms with E-state index in [-0.39, 0.29) is 49.5 Å². The van der Waals surface area contributed by atoms with Crippen molar-refractivity contribution < 1.29 is 55.2 Å². The van der Waals surface area contributed by atoms with Crippen LogP contribution in [0.1, 0.15) is 58.6 Å². The van der Waals surface area contributed by atoms with Crippen LogP contribution in [0, 0.1) is 17.3 Å². The van der Waals surface area contributed by atoms with Crippen LogP contribution >= 0.6 is 0 Å². The Balaban J connectivity index is 2.94. The molecule has 0 saturated carbocycles. The molecular formula is C23H30F6O6. The van der Waals surface area contributed by atoms with Crippen LogP contribution in [0.4, 0.5) is 26.3 Å². The molecule has 2 unspecified atom stereocenters. The number of carbonyl (C=O) groups is 2. The van der Waals surface area contributed by atoms with Crippen LogP contribution in [-0.4, -0.2) is 36.5 Å². The molecule has 6 nitrogen and oxygen atoms in total. The molecule has 1 aromatic rings. The maximum Gasteiger partial charge on any atom is 0.416 e. The number of hydrogen-bond acceptors (Lipinski definition) is 6. The molecule has 1 N–H and O–H groups in total. The smallest absolute Gasteiger partial charge is 0.416 e. The van der Waals surface area contributed by atoms with E-state index in [0.29, 0.717) is 0 Å². The molecule has 0 radical (unpaired) electrons. The van der Waals surface area contributed by atoms with Crippen LogP contribution in [-0.2, 0) is 31.4 Å². The van der Waals surface area contributed by atoms with Gasteiger partial charge in [-0.1, -0.05) is 34.6 Å². The van der Waals surface area contributed by atoms with E-state index in [1.165, 1.54) is 6.92 Å². The molecule has 0 fully saturated rings. The number of aliphatic hydroxyl groups excluding tert-OH is 1. The molecule has 2 atom stereocenters. The fourth-order valence-electron chi connectivity index (χ4n) is 3.33. The summed E-state index contributed by atoms with van der Waals surface area (Å²) < 4.78 is 92.6. The first kappa shape index (κ1) is 30.7. The summed E-state index contributed by atoms with van der Waals surface area (Å²) in [5.41, 5.74) is -4.50. The average Bonchev–Trinajstić information content (AvgIpc) is 2.68. The van der Waals surface area contributed by atoms with Crippen LogP contribution in [0.5, 0.6) is 5.75 Å². The minimum atomic E-state index is -5.11. The number of aliphatic hydroxyl groups is 1. The third-order valence-corrected chi connectivity index (χ3v) is 4.75. The van der Waals surface area contributed by atoms with E-state index in [0.717, 1.165) is 0 Å². The van der Waals surface area contributed by atoms with Gasteiger partial charge in [0.05, 0.1) is 24.2 Å². The lowest BCUT2D eigenvalue weighted by molar-refractivity contribution is -0.193. The quantitative estimate of drug-likeness (QED) is 0.178. The average molecular weight is 516 g/mol. The lowest BCUT2D eigenvalue weighted by Gasteiger charge is -2.34. The van der Waals surface area contributed by atoms with Crippen LogP contribution in [0.2, 0.25) is 0 Å². The van der Waals surface area contributed by atoms with Crippen molar-refractivity contribution in [2.24, 2.45) is 17.3 Å². The predicted molar refractivity (Wildman–Crippen MR) is 112 cm³/mol. The third-order valence-electron chi connectivity index (χ3n) is 4.75. The summed E-state index contributed by atoms with van der Waals surface area (Å²) in [5, 5.41) is 10.5. The monoisotopic (exact) mass is 516 g/mol. The second-order valence-corrected chi connectivity index (χ2v) is 9.38. The molecule has 1 aromatic carbocycles. The minimum Gasteiger partial charge on any atom is -0.465 e. The summed E-state index contributed by atoms with van der Waals surface area (Å²) in [7, 11) is 0. The van der Waals surface area contributed by atoms with Gasteiger partial charge in [0.25, 0.3) is 0 Å².